The lowest BCUT2D eigenvalue weighted by molar-refractivity contribution is -0.132. The number of likely N-dealkylation sites (N-methyl/N-ethyl adjacent to an activating group) is 1. The first-order valence-corrected chi connectivity index (χ1v) is 5.56. The van der Waals surface area contributed by atoms with E-state index in [9.17, 15) is 4.79 Å². The number of nitrogens with zero attached hydrogens (tertiary/aromatic N) is 2. The molecule has 1 heterocycles. The molecule has 1 aliphatic heterocycles. The Balaban J connectivity index is 2.24. The Hall–Kier alpha value is -1.97. The number of hydrogen-bond acceptors (Lipinski definition) is 3. The average Bonchev–Trinajstić information content (AvgIpc) is 2.33. The molecule has 0 aliphatic carbocycles. The molecule has 0 saturated heterocycles. The molecule has 1 aromatic rings. The lowest BCUT2D eigenvalue weighted by Gasteiger charge is -2.36. The Kier molecular flexibility index (Phi) is 3.04. The van der Waals surface area contributed by atoms with Gasteiger partial charge in [0.25, 0.3) is 0 Å². The maximum atomic E-state index is 10.8. The largest absolute Gasteiger partial charge is 0.478 e. The van der Waals surface area contributed by atoms with Gasteiger partial charge in [0.15, 0.2) is 0 Å². The summed E-state index contributed by atoms with van der Waals surface area (Å²) in [6.45, 7) is 5.67. The Morgan fingerprint density at radius 1 is 1.35 bits per heavy atom. The third-order valence-corrected chi connectivity index (χ3v) is 3.02. The van der Waals surface area contributed by atoms with E-state index in [4.69, 9.17) is 5.11 Å². The van der Waals surface area contributed by atoms with Crippen LogP contribution in [0.4, 0.5) is 11.4 Å². The van der Waals surface area contributed by atoms with Gasteiger partial charge in [-0.2, -0.15) is 0 Å². The van der Waals surface area contributed by atoms with Crippen LogP contribution in [-0.2, 0) is 4.79 Å². The molecule has 4 heteroatoms. The molecule has 1 N–H and O–H groups in total. The number of hydrogen-bond donors (Lipinski definition) is 1. The Morgan fingerprint density at radius 2 is 2.00 bits per heavy atom. The first-order chi connectivity index (χ1) is 8.09. The summed E-state index contributed by atoms with van der Waals surface area (Å²) in [5.74, 6) is -0.929. The molecule has 0 aromatic heterocycles. The number of carbonyl (C=O) groups is 1. The van der Waals surface area contributed by atoms with Crippen molar-refractivity contribution in [2.24, 2.45) is 0 Å². The molecule has 0 unspecified atom stereocenters. The Bertz CT molecular complexity index is 456. The summed E-state index contributed by atoms with van der Waals surface area (Å²) in [5.41, 5.74) is 2.44. The Labute approximate surface area is 101 Å². The summed E-state index contributed by atoms with van der Waals surface area (Å²) in [7, 11) is 2.04. The van der Waals surface area contributed by atoms with Gasteiger partial charge in [0.1, 0.15) is 0 Å². The van der Waals surface area contributed by atoms with Crippen LogP contribution in [0.1, 0.15) is 0 Å². The van der Waals surface area contributed by atoms with E-state index in [0.717, 1.165) is 24.5 Å². The normalized spacial score (nSPS) is 14.4. The van der Waals surface area contributed by atoms with Crippen LogP contribution in [0.15, 0.2) is 36.4 Å². The van der Waals surface area contributed by atoms with Gasteiger partial charge in [-0.25, -0.2) is 4.79 Å². The van der Waals surface area contributed by atoms with Crippen molar-refractivity contribution in [3.05, 3.63) is 36.4 Å². The number of carboxylic acids is 1. The van der Waals surface area contributed by atoms with Crippen LogP contribution in [0.2, 0.25) is 0 Å². The zero-order valence-electron chi connectivity index (χ0n) is 9.89. The van der Waals surface area contributed by atoms with Gasteiger partial charge in [0.05, 0.1) is 11.4 Å². The van der Waals surface area contributed by atoms with E-state index in [1.165, 1.54) is 0 Å². The van der Waals surface area contributed by atoms with Crippen LogP contribution in [0, 0.1) is 0 Å². The minimum atomic E-state index is -0.929. The number of para-hydroxylation sites is 2. The molecule has 0 saturated carbocycles. The highest BCUT2D eigenvalue weighted by molar-refractivity contribution is 5.87. The van der Waals surface area contributed by atoms with Crippen molar-refractivity contribution in [2.45, 2.75) is 0 Å². The third-order valence-electron chi connectivity index (χ3n) is 3.02. The van der Waals surface area contributed by atoms with Gasteiger partial charge < -0.3 is 14.9 Å². The van der Waals surface area contributed by atoms with E-state index in [0.29, 0.717) is 6.54 Å². The van der Waals surface area contributed by atoms with Gasteiger partial charge in [-0.15, -0.1) is 0 Å². The third kappa shape index (κ3) is 2.25. The SMILES string of the molecule is C=C(CN1CCN(C)c2ccccc21)C(=O)O. The minimum Gasteiger partial charge on any atom is -0.478 e. The van der Waals surface area contributed by atoms with E-state index in [-0.39, 0.29) is 5.57 Å². The van der Waals surface area contributed by atoms with E-state index in [1.54, 1.807) is 0 Å². The van der Waals surface area contributed by atoms with Crippen LogP contribution in [0.25, 0.3) is 0 Å². The maximum Gasteiger partial charge on any atom is 0.332 e. The molecule has 0 fully saturated rings. The van der Waals surface area contributed by atoms with Crippen molar-refractivity contribution >= 4 is 17.3 Å². The fraction of sp³-hybridized carbons (Fsp3) is 0.308. The average molecular weight is 232 g/mol. The quantitative estimate of drug-likeness (QED) is 0.804. The van der Waals surface area contributed by atoms with Crippen molar-refractivity contribution in [1.82, 2.24) is 0 Å². The van der Waals surface area contributed by atoms with Crippen molar-refractivity contribution in [3.8, 4) is 0 Å². The number of carboxylic acid groups (broad SMARTS) is 1. The monoisotopic (exact) mass is 232 g/mol. The highest BCUT2D eigenvalue weighted by Gasteiger charge is 2.21. The molecule has 4 nitrogen and oxygen atoms in total. The van der Waals surface area contributed by atoms with Gasteiger partial charge in [0.2, 0.25) is 0 Å². The fourth-order valence-corrected chi connectivity index (χ4v) is 2.03. The molecule has 0 spiro atoms. The van der Waals surface area contributed by atoms with Crippen molar-refractivity contribution in [2.75, 3.05) is 36.5 Å². The highest BCUT2D eigenvalue weighted by Crippen LogP contribution is 2.31. The molecular formula is C13H16N2O2. The van der Waals surface area contributed by atoms with Crippen molar-refractivity contribution in [3.63, 3.8) is 0 Å². The van der Waals surface area contributed by atoms with Gasteiger partial charge >= 0.3 is 5.97 Å². The summed E-state index contributed by atoms with van der Waals surface area (Å²) in [6, 6.07) is 8.02. The fourth-order valence-electron chi connectivity index (χ4n) is 2.03. The summed E-state index contributed by atoms with van der Waals surface area (Å²) < 4.78 is 0. The standard InChI is InChI=1S/C13H16N2O2/c1-10(13(16)17)9-15-8-7-14(2)11-5-3-4-6-12(11)15/h3-6H,1,7-9H2,2H3,(H,16,17). The number of benzene rings is 1. The zero-order valence-corrected chi connectivity index (χ0v) is 9.89. The van der Waals surface area contributed by atoms with E-state index in [1.807, 2.05) is 31.3 Å². The van der Waals surface area contributed by atoms with Gasteiger partial charge in [-0.3, -0.25) is 0 Å². The van der Waals surface area contributed by atoms with Crippen LogP contribution < -0.4 is 9.80 Å². The van der Waals surface area contributed by atoms with Crippen molar-refractivity contribution < 1.29 is 9.90 Å². The first kappa shape index (κ1) is 11.5. The number of rotatable bonds is 3. The molecule has 0 radical (unpaired) electrons. The lowest BCUT2D eigenvalue weighted by Crippen LogP contribution is -2.40. The van der Waals surface area contributed by atoms with E-state index < -0.39 is 5.97 Å². The predicted octanol–water partition coefficient (Wildman–Crippen LogP) is 1.58. The molecular weight excluding hydrogens is 216 g/mol. The molecule has 1 aromatic carbocycles. The minimum absolute atomic E-state index is 0.226. The van der Waals surface area contributed by atoms with Crippen LogP contribution in [0.5, 0.6) is 0 Å². The lowest BCUT2D eigenvalue weighted by atomic mass is 10.1. The van der Waals surface area contributed by atoms with Crippen LogP contribution in [-0.4, -0.2) is 37.8 Å². The maximum absolute atomic E-state index is 10.8. The summed E-state index contributed by atoms with van der Waals surface area (Å²) in [5, 5.41) is 8.88. The van der Waals surface area contributed by atoms with Gasteiger partial charge in [-0.05, 0) is 12.1 Å². The molecule has 0 bridgehead atoms. The first-order valence-electron chi connectivity index (χ1n) is 5.56. The predicted molar refractivity (Wildman–Crippen MR) is 68.7 cm³/mol. The summed E-state index contributed by atoms with van der Waals surface area (Å²) >= 11 is 0. The van der Waals surface area contributed by atoms with E-state index in [2.05, 4.69) is 16.4 Å². The second kappa shape index (κ2) is 4.49. The molecule has 1 aliphatic rings. The number of aliphatic carboxylic acids is 1. The van der Waals surface area contributed by atoms with E-state index >= 15 is 0 Å². The molecule has 2 rings (SSSR count). The Morgan fingerprint density at radius 3 is 2.65 bits per heavy atom. The molecule has 0 amide bonds. The molecule has 0 atom stereocenters. The topological polar surface area (TPSA) is 43.8 Å². The van der Waals surface area contributed by atoms with Crippen molar-refractivity contribution in [1.29, 1.82) is 0 Å². The van der Waals surface area contributed by atoms with Gasteiger partial charge in [0, 0.05) is 32.3 Å². The zero-order chi connectivity index (χ0) is 12.4. The van der Waals surface area contributed by atoms with Gasteiger partial charge in [-0.1, -0.05) is 18.7 Å². The smallest absolute Gasteiger partial charge is 0.332 e. The van der Waals surface area contributed by atoms with Crippen LogP contribution >= 0.6 is 0 Å². The second-order valence-corrected chi connectivity index (χ2v) is 4.24. The summed E-state index contributed by atoms with van der Waals surface area (Å²) in [6.07, 6.45) is 0. The molecule has 17 heavy (non-hydrogen) atoms. The second-order valence-electron chi connectivity index (χ2n) is 4.24. The number of anilines is 2. The summed E-state index contributed by atoms with van der Waals surface area (Å²) in [4.78, 5) is 15.0. The number of fused-ring (bicyclic) bond motifs is 1. The van der Waals surface area contributed by atoms with Crippen LogP contribution in [0.3, 0.4) is 0 Å². The molecule has 90 valence electrons. The highest BCUT2D eigenvalue weighted by atomic mass is 16.4.